The van der Waals surface area contributed by atoms with Gasteiger partial charge < -0.3 is 10.4 Å². The Hall–Kier alpha value is -0.830. The Balaban J connectivity index is 2.07. The van der Waals surface area contributed by atoms with E-state index in [1.54, 1.807) is 0 Å². The summed E-state index contributed by atoms with van der Waals surface area (Å²) in [5.74, 6) is -0.810. The molecule has 0 radical (unpaired) electrons. The first-order valence-electron chi connectivity index (χ1n) is 2.83. The van der Waals surface area contributed by atoms with Gasteiger partial charge in [0.15, 0.2) is 0 Å². The standard InChI is InChI=1S/C6H9NO2/c1-4-2-5(4)7-3-6(8)9/h5,7H,1-3H2,(H,8,9). The highest BCUT2D eigenvalue weighted by molar-refractivity contribution is 5.69. The van der Waals surface area contributed by atoms with Gasteiger partial charge in [-0.25, -0.2) is 0 Å². The Kier molecular flexibility index (Phi) is 1.53. The van der Waals surface area contributed by atoms with Crippen LogP contribution in [0.5, 0.6) is 0 Å². The number of aliphatic carboxylic acids is 1. The second-order valence-electron chi connectivity index (χ2n) is 2.19. The zero-order valence-corrected chi connectivity index (χ0v) is 5.05. The molecule has 0 spiro atoms. The molecule has 50 valence electrons. The summed E-state index contributed by atoms with van der Waals surface area (Å²) in [5, 5.41) is 11.0. The Morgan fingerprint density at radius 1 is 2.00 bits per heavy atom. The molecule has 1 rings (SSSR count). The third kappa shape index (κ3) is 1.85. The van der Waals surface area contributed by atoms with Crippen LogP contribution in [-0.2, 0) is 4.79 Å². The SMILES string of the molecule is C=C1CC1NCC(=O)O. The van der Waals surface area contributed by atoms with Gasteiger partial charge in [0.05, 0.1) is 6.54 Å². The number of carboxylic acid groups (broad SMARTS) is 1. The fraction of sp³-hybridized carbons (Fsp3) is 0.500. The van der Waals surface area contributed by atoms with Crippen molar-refractivity contribution in [1.29, 1.82) is 0 Å². The predicted octanol–water partition coefficient (Wildman–Crippen LogP) is -0.0109. The molecule has 0 aromatic rings. The van der Waals surface area contributed by atoms with E-state index in [0.29, 0.717) is 0 Å². The number of hydrogen-bond donors (Lipinski definition) is 2. The molecule has 9 heavy (non-hydrogen) atoms. The molecule has 0 aliphatic heterocycles. The average Bonchev–Trinajstić information content (AvgIpc) is 2.42. The van der Waals surface area contributed by atoms with Gasteiger partial charge in [-0.3, -0.25) is 4.79 Å². The molecule has 1 atom stereocenters. The fourth-order valence-electron chi connectivity index (χ4n) is 0.630. The van der Waals surface area contributed by atoms with Gasteiger partial charge in [0.2, 0.25) is 0 Å². The third-order valence-corrected chi connectivity index (χ3v) is 1.30. The molecule has 3 heteroatoms. The first kappa shape index (κ1) is 6.29. The van der Waals surface area contributed by atoms with Crippen LogP contribution in [-0.4, -0.2) is 23.7 Å². The maximum atomic E-state index is 9.95. The molecule has 1 aliphatic rings. The van der Waals surface area contributed by atoms with E-state index in [-0.39, 0.29) is 12.6 Å². The van der Waals surface area contributed by atoms with Crippen LogP contribution < -0.4 is 5.32 Å². The van der Waals surface area contributed by atoms with E-state index in [1.165, 1.54) is 0 Å². The van der Waals surface area contributed by atoms with Crippen LogP contribution >= 0.6 is 0 Å². The number of nitrogens with one attached hydrogen (secondary N) is 1. The number of hydrogen-bond acceptors (Lipinski definition) is 2. The first-order chi connectivity index (χ1) is 4.20. The van der Waals surface area contributed by atoms with Crippen molar-refractivity contribution in [2.45, 2.75) is 12.5 Å². The fourth-order valence-corrected chi connectivity index (χ4v) is 0.630. The summed E-state index contributed by atoms with van der Waals surface area (Å²) < 4.78 is 0. The van der Waals surface area contributed by atoms with Crippen molar-refractivity contribution in [1.82, 2.24) is 5.32 Å². The normalized spacial score (nSPS) is 24.0. The van der Waals surface area contributed by atoms with Gasteiger partial charge >= 0.3 is 5.97 Å². The Morgan fingerprint density at radius 2 is 2.56 bits per heavy atom. The zero-order chi connectivity index (χ0) is 6.85. The van der Waals surface area contributed by atoms with E-state index < -0.39 is 5.97 Å². The van der Waals surface area contributed by atoms with Crippen molar-refractivity contribution >= 4 is 5.97 Å². The molecule has 0 aromatic carbocycles. The summed E-state index contributed by atoms with van der Waals surface area (Å²) in [6, 6.07) is 0.279. The summed E-state index contributed by atoms with van der Waals surface area (Å²) in [6.07, 6.45) is 0.938. The van der Waals surface area contributed by atoms with Gasteiger partial charge in [-0.05, 0) is 6.42 Å². The molecule has 0 heterocycles. The van der Waals surface area contributed by atoms with Crippen molar-refractivity contribution < 1.29 is 9.90 Å². The molecule has 1 saturated carbocycles. The van der Waals surface area contributed by atoms with Gasteiger partial charge in [0.25, 0.3) is 0 Å². The summed E-state index contributed by atoms with van der Waals surface area (Å²) >= 11 is 0. The van der Waals surface area contributed by atoms with E-state index in [1.807, 2.05) is 0 Å². The number of carboxylic acids is 1. The van der Waals surface area contributed by atoms with Crippen molar-refractivity contribution in [3.8, 4) is 0 Å². The Morgan fingerprint density at radius 3 is 2.89 bits per heavy atom. The lowest BCUT2D eigenvalue weighted by molar-refractivity contribution is -0.135. The van der Waals surface area contributed by atoms with E-state index in [4.69, 9.17) is 5.11 Å². The lowest BCUT2D eigenvalue weighted by Gasteiger charge is -1.93. The van der Waals surface area contributed by atoms with Crippen LogP contribution in [0.15, 0.2) is 12.2 Å². The number of rotatable bonds is 3. The predicted molar refractivity (Wildman–Crippen MR) is 33.2 cm³/mol. The molecular weight excluding hydrogens is 118 g/mol. The van der Waals surface area contributed by atoms with Gasteiger partial charge in [0.1, 0.15) is 0 Å². The van der Waals surface area contributed by atoms with Gasteiger partial charge in [0, 0.05) is 6.04 Å². The van der Waals surface area contributed by atoms with Gasteiger partial charge in [-0.2, -0.15) is 0 Å². The van der Waals surface area contributed by atoms with Crippen molar-refractivity contribution in [3.63, 3.8) is 0 Å². The molecule has 0 aromatic heterocycles. The summed E-state index contributed by atoms with van der Waals surface area (Å²) in [4.78, 5) is 9.95. The Bertz CT molecular complexity index is 153. The second-order valence-corrected chi connectivity index (χ2v) is 2.19. The number of carbonyl (C=O) groups is 1. The second kappa shape index (κ2) is 2.19. The zero-order valence-electron chi connectivity index (χ0n) is 5.05. The molecule has 3 nitrogen and oxygen atoms in total. The lowest BCUT2D eigenvalue weighted by Crippen LogP contribution is -2.24. The van der Waals surface area contributed by atoms with E-state index in [2.05, 4.69) is 11.9 Å². The molecule has 0 amide bonds. The van der Waals surface area contributed by atoms with Gasteiger partial charge in [-0.1, -0.05) is 12.2 Å². The minimum atomic E-state index is -0.810. The lowest BCUT2D eigenvalue weighted by atomic mass is 10.6. The maximum Gasteiger partial charge on any atom is 0.317 e. The smallest absolute Gasteiger partial charge is 0.317 e. The molecular formula is C6H9NO2. The van der Waals surface area contributed by atoms with Crippen LogP contribution in [0.3, 0.4) is 0 Å². The van der Waals surface area contributed by atoms with Crippen LogP contribution in [0, 0.1) is 0 Å². The molecule has 0 bridgehead atoms. The quantitative estimate of drug-likeness (QED) is 0.524. The highest BCUT2D eigenvalue weighted by Gasteiger charge is 2.26. The molecule has 0 saturated heterocycles. The minimum Gasteiger partial charge on any atom is -0.480 e. The van der Waals surface area contributed by atoms with Crippen molar-refractivity contribution in [2.75, 3.05) is 6.54 Å². The molecule has 2 N–H and O–H groups in total. The largest absolute Gasteiger partial charge is 0.480 e. The van der Waals surface area contributed by atoms with Crippen LogP contribution in [0.2, 0.25) is 0 Å². The average molecular weight is 127 g/mol. The first-order valence-corrected chi connectivity index (χ1v) is 2.83. The van der Waals surface area contributed by atoms with Crippen molar-refractivity contribution in [2.24, 2.45) is 0 Å². The summed E-state index contributed by atoms with van der Waals surface area (Å²) in [7, 11) is 0. The highest BCUT2D eigenvalue weighted by atomic mass is 16.4. The third-order valence-electron chi connectivity index (χ3n) is 1.30. The van der Waals surface area contributed by atoms with Crippen molar-refractivity contribution in [3.05, 3.63) is 12.2 Å². The minimum absolute atomic E-state index is 0.0453. The van der Waals surface area contributed by atoms with Gasteiger partial charge in [-0.15, -0.1) is 0 Å². The summed E-state index contributed by atoms with van der Waals surface area (Å²) in [5.41, 5.74) is 1.11. The molecule has 1 fully saturated rings. The maximum absolute atomic E-state index is 9.95. The topological polar surface area (TPSA) is 49.3 Å². The Labute approximate surface area is 53.4 Å². The summed E-state index contributed by atoms with van der Waals surface area (Å²) in [6.45, 7) is 3.72. The van der Waals surface area contributed by atoms with Crippen LogP contribution in [0.25, 0.3) is 0 Å². The molecule has 1 aliphatic carbocycles. The van der Waals surface area contributed by atoms with E-state index >= 15 is 0 Å². The van der Waals surface area contributed by atoms with E-state index in [0.717, 1.165) is 12.0 Å². The monoisotopic (exact) mass is 127 g/mol. The van der Waals surface area contributed by atoms with E-state index in [9.17, 15) is 4.79 Å². The molecule has 1 unspecified atom stereocenters. The van der Waals surface area contributed by atoms with Crippen LogP contribution in [0.4, 0.5) is 0 Å². The van der Waals surface area contributed by atoms with Crippen LogP contribution in [0.1, 0.15) is 6.42 Å². The highest BCUT2D eigenvalue weighted by Crippen LogP contribution is 2.25.